The summed E-state index contributed by atoms with van der Waals surface area (Å²) in [4.78, 5) is 22.4. The molecule has 1 rings (SSSR count). The van der Waals surface area contributed by atoms with Crippen LogP contribution in [0.15, 0.2) is 4.34 Å². The van der Waals surface area contributed by atoms with Gasteiger partial charge in [0.2, 0.25) is 11.0 Å². The fraction of sp³-hybridized carbons (Fsp3) is 0.556. The van der Waals surface area contributed by atoms with E-state index < -0.39 is 6.04 Å². The van der Waals surface area contributed by atoms with Crippen LogP contribution in [0.3, 0.4) is 0 Å². The number of carbonyl (C=O) groups excluding carboxylic acids is 2. The number of nitrogens with zero attached hydrogens (tertiary/aromatic N) is 2. The number of nitrogens with two attached hydrogens (primary N) is 1. The Balaban J connectivity index is 0.00000324. The van der Waals surface area contributed by atoms with Gasteiger partial charge >= 0.3 is 5.97 Å². The van der Waals surface area contributed by atoms with Gasteiger partial charge in [0.15, 0.2) is 4.34 Å². The van der Waals surface area contributed by atoms with Crippen molar-refractivity contribution in [1.82, 2.24) is 10.2 Å². The van der Waals surface area contributed by atoms with Crippen molar-refractivity contribution in [3.8, 4) is 0 Å². The molecule has 0 aliphatic heterocycles. The van der Waals surface area contributed by atoms with Crippen molar-refractivity contribution in [3.05, 3.63) is 0 Å². The Kier molecular flexibility index (Phi) is 8.65. The number of anilines is 1. The Morgan fingerprint density at radius 3 is 2.79 bits per heavy atom. The summed E-state index contributed by atoms with van der Waals surface area (Å²) < 4.78 is 5.36. The first-order valence-electron chi connectivity index (χ1n) is 5.21. The number of nitrogens with one attached hydrogen (secondary N) is 1. The van der Waals surface area contributed by atoms with Gasteiger partial charge < -0.3 is 10.5 Å². The number of halogens is 1. The molecule has 0 aliphatic rings. The molecule has 0 saturated carbocycles. The minimum atomic E-state index is -0.607. The molecule has 0 aliphatic carbocycles. The van der Waals surface area contributed by atoms with Gasteiger partial charge in [-0.25, -0.2) is 0 Å². The van der Waals surface area contributed by atoms with Crippen LogP contribution in [0.25, 0.3) is 0 Å². The molecular formula is C9H15ClN4O3S2. The minimum Gasteiger partial charge on any atom is -0.465 e. The van der Waals surface area contributed by atoms with Crippen LogP contribution >= 0.6 is 35.5 Å². The molecule has 0 spiro atoms. The highest BCUT2D eigenvalue weighted by molar-refractivity contribution is 8.01. The number of amides is 1. The van der Waals surface area contributed by atoms with Gasteiger partial charge in [0.05, 0.1) is 18.4 Å². The summed E-state index contributed by atoms with van der Waals surface area (Å²) >= 11 is 2.40. The molecule has 0 unspecified atom stereocenters. The zero-order valence-corrected chi connectivity index (χ0v) is 12.9. The fourth-order valence-corrected chi connectivity index (χ4v) is 2.41. The van der Waals surface area contributed by atoms with E-state index in [0.29, 0.717) is 16.1 Å². The van der Waals surface area contributed by atoms with E-state index in [0.717, 1.165) is 0 Å². The number of esters is 1. The summed E-state index contributed by atoms with van der Waals surface area (Å²) in [6.45, 7) is 3.67. The van der Waals surface area contributed by atoms with Gasteiger partial charge in [-0.1, -0.05) is 23.1 Å². The first-order chi connectivity index (χ1) is 8.52. The molecule has 1 atom stereocenters. The molecule has 1 aromatic rings. The molecule has 1 heterocycles. The van der Waals surface area contributed by atoms with E-state index in [1.165, 1.54) is 23.1 Å². The van der Waals surface area contributed by atoms with Crippen LogP contribution in [0.4, 0.5) is 5.13 Å². The second-order valence-electron chi connectivity index (χ2n) is 3.24. The lowest BCUT2D eigenvalue weighted by molar-refractivity contribution is -0.139. The third-order valence-electron chi connectivity index (χ3n) is 1.67. The highest BCUT2D eigenvalue weighted by Crippen LogP contribution is 2.25. The molecule has 0 aromatic carbocycles. The van der Waals surface area contributed by atoms with E-state index >= 15 is 0 Å². The van der Waals surface area contributed by atoms with Crippen molar-refractivity contribution < 1.29 is 14.3 Å². The topological polar surface area (TPSA) is 107 Å². The summed E-state index contributed by atoms with van der Waals surface area (Å²) in [5.41, 5.74) is 5.40. The Bertz CT molecular complexity index is 427. The van der Waals surface area contributed by atoms with Gasteiger partial charge in [-0.3, -0.25) is 14.9 Å². The summed E-state index contributed by atoms with van der Waals surface area (Å²) in [7, 11) is 0. The molecule has 0 saturated heterocycles. The van der Waals surface area contributed by atoms with Crippen LogP contribution in [0.2, 0.25) is 0 Å². The average Bonchev–Trinajstić information content (AvgIpc) is 2.74. The standard InChI is InChI=1S/C9H14N4O3S2.ClH/c1-3-16-6(14)4-17-9-13-12-8(18-9)11-7(15)5(2)10;/h5H,3-4,10H2,1-2H3,(H,11,12,15);1H/t5-;/m1./s1. The van der Waals surface area contributed by atoms with Crippen molar-refractivity contribution in [1.29, 1.82) is 0 Å². The number of thioether (sulfide) groups is 1. The Hall–Kier alpha value is -0.900. The molecule has 3 N–H and O–H groups in total. The first kappa shape index (κ1) is 18.1. The molecule has 0 radical (unpaired) electrons. The fourth-order valence-electron chi connectivity index (χ4n) is 0.861. The van der Waals surface area contributed by atoms with Crippen molar-refractivity contribution in [2.24, 2.45) is 5.73 Å². The van der Waals surface area contributed by atoms with Crippen molar-refractivity contribution >= 4 is 52.5 Å². The number of ether oxygens (including phenoxy) is 1. The van der Waals surface area contributed by atoms with Crippen LogP contribution in [0, 0.1) is 0 Å². The molecule has 1 amide bonds. The predicted octanol–water partition coefficient (Wildman–Crippen LogP) is 0.901. The van der Waals surface area contributed by atoms with Crippen LogP contribution in [0.5, 0.6) is 0 Å². The normalized spacial score (nSPS) is 11.3. The van der Waals surface area contributed by atoms with E-state index in [1.807, 2.05) is 0 Å². The van der Waals surface area contributed by atoms with E-state index in [4.69, 9.17) is 10.5 Å². The zero-order chi connectivity index (χ0) is 13.5. The Morgan fingerprint density at radius 1 is 1.53 bits per heavy atom. The summed E-state index contributed by atoms with van der Waals surface area (Å²) in [6.07, 6.45) is 0. The monoisotopic (exact) mass is 326 g/mol. The molecule has 0 fully saturated rings. The van der Waals surface area contributed by atoms with E-state index in [-0.39, 0.29) is 30.0 Å². The van der Waals surface area contributed by atoms with Gasteiger partial charge in [0.25, 0.3) is 0 Å². The van der Waals surface area contributed by atoms with Gasteiger partial charge in [-0.2, -0.15) is 0 Å². The third kappa shape index (κ3) is 6.71. The number of hydrogen-bond acceptors (Lipinski definition) is 8. The second kappa shape index (κ2) is 9.08. The Morgan fingerprint density at radius 2 is 2.21 bits per heavy atom. The third-order valence-corrected chi connectivity index (χ3v) is 3.61. The van der Waals surface area contributed by atoms with Crippen LogP contribution in [-0.2, 0) is 14.3 Å². The largest absolute Gasteiger partial charge is 0.465 e. The second-order valence-corrected chi connectivity index (χ2v) is 5.44. The van der Waals surface area contributed by atoms with E-state index in [9.17, 15) is 9.59 Å². The lowest BCUT2D eigenvalue weighted by Crippen LogP contribution is -2.32. The summed E-state index contributed by atoms with van der Waals surface area (Å²) in [5.74, 6) is -0.462. The molecule has 0 bridgehead atoms. The molecular weight excluding hydrogens is 312 g/mol. The molecule has 7 nitrogen and oxygen atoms in total. The lowest BCUT2D eigenvalue weighted by Gasteiger charge is -2.02. The highest BCUT2D eigenvalue weighted by Gasteiger charge is 2.12. The summed E-state index contributed by atoms with van der Waals surface area (Å²) in [6, 6.07) is -0.607. The van der Waals surface area contributed by atoms with Crippen molar-refractivity contribution in [3.63, 3.8) is 0 Å². The number of aromatic nitrogens is 2. The molecule has 108 valence electrons. The number of rotatable bonds is 6. The lowest BCUT2D eigenvalue weighted by atomic mass is 10.3. The van der Waals surface area contributed by atoms with Crippen LogP contribution < -0.4 is 11.1 Å². The van der Waals surface area contributed by atoms with E-state index in [1.54, 1.807) is 13.8 Å². The molecule has 1 aromatic heterocycles. The van der Waals surface area contributed by atoms with Crippen LogP contribution in [0.1, 0.15) is 13.8 Å². The van der Waals surface area contributed by atoms with Crippen molar-refractivity contribution in [2.75, 3.05) is 17.7 Å². The Labute approximate surface area is 125 Å². The molecule has 10 heteroatoms. The first-order valence-corrected chi connectivity index (χ1v) is 7.01. The maximum Gasteiger partial charge on any atom is 0.316 e. The van der Waals surface area contributed by atoms with Gasteiger partial charge in [-0.05, 0) is 13.8 Å². The van der Waals surface area contributed by atoms with Gasteiger partial charge in [0, 0.05) is 0 Å². The van der Waals surface area contributed by atoms with Crippen molar-refractivity contribution in [2.45, 2.75) is 24.2 Å². The minimum absolute atomic E-state index is 0. The van der Waals surface area contributed by atoms with Gasteiger partial charge in [-0.15, -0.1) is 22.6 Å². The number of hydrogen-bond donors (Lipinski definition) is 2. The average molecular weight is 327 g/mol. The van der Waals surface area contributed by atoms with Gasteiger partial charge in [0.1, 0.15) is 0 Å². The summed E-state index contributed by atoms with van der Waals surface area (Å²) in [5, 5.41) is 10.5. The smallest absolute Gasteiger partial charge is 0.316 e. The number of carbonyl (C=O) groups is 2. The molecule has 19 heavy (non-hydrogen) atoms. The zero-order valence-electron chi connectivity index (χ0n) is 10.4. The maximum absolute atomic E-state index is 11.3. The highest BCUT2D eigenvalue weighted by atomic mass is 35.5. The van der Waals surface area contributed by atoms with E-state index in [2.05, 4.69) is 15.5 Å². The van der Waals surface area contributed by atoms with Crippen LogP contribution in [-0.4, -0.2) is 40.5 Å². The SMILES string of the molecule is CCOC(=O)CSc1nnc(NC(=O)[C@@H](C)N)s1.Cl. The quantitative estimate of drug-likeness (QED) is 0.454. The maximum atomic E-state index is 11.3. The predicted molar refractivity (Wildman–Crippen MR) is 76.8 cm³/mol.